The monoisotopic (exact) mass is 353 g/mol. The first-order chi connectivity index (χ1) is 5.79. The van der Waals surface area contributed by atoms with E-state index in [9.17, 15) is 0 Å². The molecule has 1 aliphatic rings. The summed E-state index contributed by atoms with van der Waals surface area (Å²) in [5.74, 6) is 0.861. The topological polar surface area (TPSA) is 17.3 Å². The maximum atomic E-state index is 4.33. The van der Waals surface area contributed by atoms with Gasteiger partial charge < -0.3 is 10.2 Å². The van der Waals surface area contributed by atoms with E-state index >= 15 is 0 Å². The van der Waals surface area contributed by atoms with Crippen LogP contribution in [0.5, 0.6) is 0 Å². The molecular weight excluding hydrogens is 332 g/mol. The summed E-state index contributed by atoms with van der Waals surface area (Å²) in [5.41, 5.74) is 0. The summed E-state index contributed by atoms with van der Waals surface area (Å²) in [4.78, 5) is 2.54. The summed E-state index contributed by atoms with van der Waals surface area (Å²) in [5, 5.41) is 4.33. The molecule has 0 aliphatic carbocycles. The molecule has 1 saturated heterocycles. The van der Waals surface area contributed by atoms with Gasteiger partial charge in [0.1, 0.15) is 0 Å². The van der Waals surface area contributed by atoms with Crippen molar-refractivity contribution in [3.05, 3.63) is 5.32 Å². The van der Waals surface area contributed by atoms with Gasteiger partial charge in [-0.2, -0.15) is 0 Å². The van der Waals surface area contributed by atoms with Crippen molar-refractivity contribution in [2.24, 2.45) is 5.92 Å². The molecule has 0 bridgehead atoms. The predicted octanol–water partition coefficient (Wildman–Crippen LogP) is 2.11. The Hall–Kier alpha value is 0.608. The molecule has 0 aromatic rings. The zero-order valence-electron chi connectivity index (χ0n) is 8.83. The van der Waals surface area contributed by atoms with E-state index in [1.54, 1.807) is 0 Å². The van der Waals surface area contributed by atoms with Crippen LogP contribution in [0.3, 0.4) is 0 Å². The van der Waals surface area contributed by atoms with Crippen molar-refractivity contribution in [2.45, 2.75) is 26.7 Å². The van der Waals surface area contributed by atoms with Gasteiger partial charge in [-0.3, -0.25) is 0 Å². The fourth-order valence-electron chi connectivity index (χ4n) is 1.59. The van der Waals surface area contributed by atoms with Crippen LogP contribution in [-0.4, -0.2) is 37.6 Å². The van der Waals surface area contributed by atoms with Crippen molar-refractivity contribution in [3.63, 3.8) is 0 Å². The molecule has 1 aliphatic heterocycles. The third kappa shape index (κ3) is 6.65. The molecule has 0 radical (unpaired) electrons. The number of hydrogen-bond donors (Lipinski definition) is 0. The molecule has 78 valence electrons. The van der Waals surface area contributed by atoms with Gasteiger partial charge in [-0.25, -0.2) is 0 Å². The molecule has 1 heterocycles. The van der Waals surface area contributed by atoms with Gasteiger partial charge in [0.05, 0.1) is 0 Å². The Bertz CT molecular complexity index is 111. The molecule has 0 aromatic carbocycles. The summed E-state index contributed by atoms with van der Waals surface area (Å²) < 4.78 is 0. The SMILES string of the molecule is CC(C)CCCN1CC[N-]CC1.[W]. The summed E-state index contributed by atoms with van der Waals surface area (Å²) in [6, 6.07) is 0. The molecule has 2 nitrogen and oxygen atoms in total. The van der Waals surface area contributed by atoms with Gasteiger partial charge in [0, 0.05) is 21.1 Å². The van der Waals surface area contributed by atoms with Crippen LogP contribution in [0.25, 0.3) is 5.32 Å². The Morgan fingerprint density at radius 3 is 2.38 bits per heavy atom. The number of hydrogen-bond acceptors (Lipinski definition) is 1. The van der Waals surface area contributed by atoms with E-state index in [0.29, 0.717) is 0 Å². The quantitative estimate of drug-likeness (QED) is 0.757. The fraction of sp³-hybridized carbons (Fsp3) is 1.00. The molecule has 1 rings (SSSR count). The number of rotatable bonds is 4. The van der Waals surface area contributed by atoms with E-state index in [2.05, 4.69) is 24.1 Å². The minimum absolute atomic E-state index is 0. The average molecular weight is 353 g/mol. The van der Waals surface area contributed by atoms with Gasteiger partial charge in [-0.15, -0.1) is 13.1 Å². The van der Waals surface area contributed by atoms with Crippen LogP contribution in [0.4, 0.5) is 0 Å². The number of nitrogens with zero attached hydrogens (tertiary/aromatic N) is 2. The summed E-state index contributed by atoms with van der Waals surface area (Å²) in [6.07, 6.45) is 2.73. The second-order valence-electron chi connectivity index (χ2n) is 4.05. The first-order valence-corrected chi connectivity index (χ1v) is 5.14. The standard InChI is InChI=1S/C10H21N2.W/c1-10(2)4-3-7-12-8-5-11-6-9-12;/h10H,3-9H2,1-2H3;/q-1;. The van der Waals surface area contributed by atoms with E-state index in [-0.39, 0.29) is 21.1 Å². The van der Waals surface area contributed by atoms with Crippen molar-refractivity contribution in [1.29, 1.82) is 0 Å². The second kappa shape index (κ2) is 7.96. The molecule has 0 amide bonds. The Morgan fingerprint density at radius 2 is 1.85 bits per heavy atom. The smallest absolute Gasteiger partial charge is 0 e. The van der Waals surface area contributed by atoms with Crippen molar-refractivity contribution in [1.82, 2.24) is 4.90 Å². The van der Waals surface area contributed by atoms with Crippen LogP contribution in [0, 0.1) is 5.92 Å². The minimum Gasteiger partial charge on any atom is -0.660 e. The van der Waals surface area contributed by atoms with E-state index in [4.69, 9.17) is 0 Å². The first kappa shape index (κ1) is 13.6. The van der Waals surface area contributed by atoms with Gasteiger partial charge >= 0.3 is 0 Å². The first-order valence-electron chi connectivity index (χ1n) is 5.14. The molecule has 0 saturated carbocycles. The van der Waals surface area contributed by atoms with Crippen LogP contribution < -0.4 is 0 Å². The maximum absolute atomic E-state index is 4.33. The van der Waals surface area contributed by atoms with Crippen LogP contribution in [0.1, 0.15) is 26.7 Å². The molecule has 1 fully saturated rings. The van der Waals surface area contributed by atoms with Crippen LogP contribution in [0.2, 0.25) is 0 Å². The molecule has 0 spiro atoms. The molecule has 0 aromatic heterocycles. The van der Waals surface area contributed by atoms with Gasteiger partial charge in [-0.1, -0.05) is 13.8 Å². The molecule has 0 unspecified atom stereocenters. The van der Waals surface area contributed by atoms with Crippen molar-refractivity contribution in [3.8, 4) is 0 Å². The fourth-order valence-corrected chi connectivity index (χ4v) is 1.59. The Balaban J connectivity index is 0.00000144. The van der Waals surface area contributed by atoms with Crippen molar-refractivity contribution in [2.75, 3.05) is 32.7 Å². The van der Waals surface area contributed by atoms with Gasteiger partial charge in [-0.05, 0) is 38.4 Å². The molecule has 0 N–H and O–H groups in total. The van der Waals surface area contributed by atoms with Crippen molar-refractivity contribution >= 4 is 0 Å². The van der Waals surface area contributed by atoms with Crippen molar-refractivity contribution < 1.29 is 21.1 Å². The van der Waals surface area contributed by atoms with E-state index in [1.165, 1.54) is 32.5 Å². The van der Waals surface area contributed by atoms with Crippen LogP contribution >= 0.6 is 0 Å². The van der Waals surface area contributed by atoms with E-state index < -0.39 is 0 Å². The summed E-state index contributed by atoms with van der Waals surface area (Å²) >= 11 is 0. The Morgan fingerprint density at radius 1 is 1.23 bits per heavy atom. The molecule has 0 atom stereocenters. The summed E-state index contributed by atoms with van der Waals surface area (Å²) in [7, 11) is 0. The normalized spacial score (nSPS) is 18.7. The third-order valence-electron chi connectivity index (χ3n) is 2.40. The zero-order valence-corrected chi connectivity index (χ0v) is 11.8. The third-order valence-corrected chi connectivity index (χ3v) is 2.40. The second-order valence-corrected chi connectivity index (χ2v) is 4.05. The van der Waals surface area contributed by atoms with E-state index in [1.807, 2.05) is 0 Å². The summed E-state index contributed by atoms with van der Waals surface area (Å²) in [6.45, 7) is 10.4. The molecular formula is C10H21N2W-. The molecule has 13 heavy (non-hydrogen) atoms. The van der Waals surface area contributed by atoms with Gasteiger partial charge in [0.2, 0.25) is 0 Å². The minimum atomic E-state index is 0. The van der Waals surface area contributed by atoms with Gasteiger partial charge in [0.25, 0.3) is 0 Å². The average Bonchev–Trinajstić information content (AvgIpc) is 2.05. The van der Waals surface area contributed by atoms with Gasteiger partial charge in [0.15, 0.2) is 0 Å². The predicted molar refractivity (Wildman–Crippen MR) is 53.6 cm³/mol. The van der Waals surface area contributed by atoms with Crippen LogP contribution in [0.15, 0.2) is 0 Å². The zero-order chi connectivity index (χ0) is 8.81. The maximum Gasteiger partial charge on any atom is 0 e. The molecule has 3 heteroatoms. The largest absolute Gasteiger partial charge is 0.660 e. The Kier molecular flexibility index (Phi) is 8.33. The number of piperazine rings is 1. The van der Waals surface area contributed by atoms with E-state index in [0.717, 1.165) is 19.0 Å². The Labute approximate surface area is 96.7 Å². The van der Waals surface area contributed by atoms with Crippen LogP contribution in [-0.2, 0) is 21.1 Å².